The molecule has 0 bridgehead atoms. The number of hydrogen-bond donors (Lipinski definition) is 3. The molecule has 2 amide bonds. The van der Waals surface area contributed by atoms with Crippen molar-refractivity contribution in [2.45, 2.75) is 70.6 Å². The van der Waals surface area contributed by atoms with E-state index in [0.717, 1.165) is 11.1 Å². The summed E-state index contributed by atoms with van der Waals surface area (Å²) in [4.78, 5) is 51.3. The Balaban J connectivity index is 2.19. The van der Waals surface area contributed by atoms with Crippen LogP contribution in [0.4, 0.5) is 4.79 Å². The van der Waals surface area contributed by atoms with E-state index in [9.17, 15) is 24.3 Å². The predicted molar refractivity (Wildman–Crippen MR) is 157 cm³/mol. The molecule has 10 nitrogen and oxygen atoms in total. The van der Waals surface area contributed by atoms with Gasteiger partial charge in [0.25, 0.3) is 0 Å². The summed E-state index contributed by atoms with van der Waals surface area (Å²) in [5, 5.41) is 15.3. The lowest BCUT2D eigenvalue weighted by Crippen LogP contribution is -2.63. The number of amides is 2. The number of ether oxygens (including phenoxy) is 3. The minimum atomic E-state index is -1.68. The van der Waals surface area contributed by atoms with Crippen molar-refractivity contribution in [3.63, 3.8) is 0 Å². The SMILES string of the molecule is COc1ccc(CSC[C@](NC(=O)[C@H](CC(=O)OCc2ccccc2)NC(=O)OC(C)(C)C)(C(=O)O)C(C)C)cc1. The minimum Gasteiger partial charge on any atom is -0.497 e. The molecule has 2 rings (SSSR count). The number of alkyl carbamates (subject to hydrolysis) is 1. The van der Waals surface area contributed by atoms with Gasteiger partial charge in [-0.25, -0.2) is 9.59 Å². The fourth-order valence-corrected chi connectivity index (χ4v) is 5.07. The Labute approximate surface area is 245 Å². The second-order valence-corrected chi connectivity index (χ2v) is 11.8. The van der Waals surface area contributed by atoms with Crippen LogP contribution in [-0.2, 0) is 36.2 Å². The van der Waals surface area contributed by atoms with Crippen LogP contribution in [0.15, 0.2) is 54.6 Å². The summed E-state index contributed by atoms with van der Waals surface area (Å²) in [6.45, 7) is 8.32. The van der Waals surface area contributed by atoms with Crippen LogP contribution in [0, 0.1) is 5.92 Å². The van der Waals surface area contributed by atoms with Gasteiger partial charge in [0.1, 0.15) is 29.5 Å². The van der Waals surface area contributed by atoms with Gasteiger partial charge >= 0.3 is 18.0 Å². The zero-order chi connectivity index (χ0) is 30.6. The minimum absolute atomic E-state index is 0.0203. The molecule has 0 aliphatic carbocycles. The molecular formula is C30H40N2O8S. The molecule has 0 aromatic heterocycles. The number of carboxylic acids is 1. The molecule has 224 valence electrons. The molecule has 11 heteroatoms. The Morgan fingerprint density at radius 3 is 2.12 bits per heavy atom. The second-order valence-electron chi connectivity index (χ2n) is 10.8. The summed E-state index contributed by atoms with van der Waals surface area (Å²) < 4.78 is 15.8. The van der Waals surface area contributed by atoms with Crippen molar-refractivity contribution in [1.29, 1.82) is 0 Å². The lowest BCUT2D eigenvalue weighted by atomic mass is 9.87. The van der Waals surface area contributed by atoms with Gasteiger partial charge in [0, 0.05) is 11.5 Å². The molecule has 0 unspecified atom stereocenters. The van der Waals surface area contributed by atoms with Crippen molar-refractivity contribution in [2.75, 3.05) is 12.9 Å². The first-order valence-corrected chi connectivity index (χ1v) is 14.4. The number of hydrogen-bond acceptors (Lipinski definition) is 8. The lowest BCUT2D eigenvalue weighted by molar-refractivity contribution is -0.150. The van der Waals surface area contributed by atoms with Gasteiger partial charge in [-0.15, -0.1) is 0 Å². The van der Waals surface area contributed by atoms with Gasteiger partial charge in [0.2, 0.25) is 5.91 Å². The maximum Gasteiger partial charge on any atom is 0.408 e. The largest absolute Gasteiger partial charge is 0.497 e. The van der Waals surface area contributed by atoms with Crippen molar-refractivity contribution in [1.82, 2.24) is 10.6 Å². The molecule has 0 aliphatic heterocycles. The van der Waals surface area contributed by atoms with Crippen molar-refractivity contribution < 1.29 is 38.5 Å². The number of carbonyl (C=O) groups is 4. The second kappa shape index (κ2) is 15.3. The topological polar surface area (TPSA) is 140 Å². The smallest absolute Gasteiger partial charge is 0.408 e. The number of carbonyl (C=O) groups excluding carboxylic acids is 3. The quantitative estimate of drug-likeness (QED) is 0.271. The Hall–Kier alpha value is -3.73. The number of methoxy groups -OCH3 is 1. The summed E-state index contributed by atoms with van der Waals surface area (Å²) in [5.74, 6) is -2.11. The normalized spacial score (nSPS) is 13.4. The fraction of sp³-hybridized carbons (Fsp3) is 0.467. The Kier molecular flexibility index (Phi) is 12.5. The molecule has 0 radical (unpaired) electrons. The third-order valence-electron chi connectivity index (χ3n) is 6.09. The molecule has 0 spiro atoms. The molecule has 0 saturated carbocycles. The lowest BCUT2D eigenvalue weighted by Gasteiger charge is -2.35. The maximum absolute atomic E-state index is 13.5. The van der Waals surface area contributed by atoms with Gasteiger partial charge in [-0.05, 0) is 49.9 Å². The molecule has 41 heavy (non-hydrogen) atoms. The highest BCUT2D eigenvalue weighted by Crippen LogP contribution is 2.26. The molecule has 2 aromatic carbocycles. The van der Waals surface area contributed by atoms with Crippen molar-refractivity contribution >= 4 is 35.7 Å². The highest BCUT2D eigenvalue weighted by molar-refractivity contribution is 7.98. The Bertz CT molecular complexity index is 1170. The van der Waals surface area contributed by atoms with E-state index in [-0.39, 0.29) is 12.4 Å². The van der Waals surface area contributed by atoms with E-state index in [4.69, 9.17) is 14.2 Å². The summed E-state index contributed by atoms with van der Waals surface area (Å²) in [5.41, 5.74) is -0.841. The van der Waals surface area contributed by atoms with Crippen LogP contribution >= 0.6 is 11.8 Å². The van der Waals surface area contributed by atoms with E-state index in [1.165, 1.54) is 11.8 Å². The van der Waals surface area contributed by atoms with Gasteiger partial charge in [-0.1, -0.05) is 56.3 Å². The van der Waals surface area contributed by atoms with Crippen LogP contribution in [0.2, 0.25) is 0 Å². The first-order chi connectivity index (χ1) is 19.3. The van der Waals surface area contributed by atoms with Crippen LogP contribution in [0.25, 0.3) is 0 Å². The molecule has 0 fully saturated rings. The van der Waals surface area contributed by atoms with E-state index in [1.54, 1.807) is 66.0 Å². The van der Waals surface area contributed by atoms with Crippen LogP contribution in [0.5, 0.6) is 5.75 Å². The van der Waals surface area contributed by atoms with Crippen molar-refractivity contribution in [2.24, 2.45) is 5.92 Å². The highest BCUT2D eigenvalue weighted by atomic mass is 32.2. The van der Waals surface area contributed by atoms with Gasteiger partial charge in [0.15, 0.2) is 0 Å². The van der Waals surface area contributed by atoms with Crippen LogP contribution in [-0.4, -0.2) is 59.1 Å². The first-order valence-electron chi connectivity index (χ1n) is 13.2. The van der Waals surface area contributed by atoms with Gasteiger partial charge < -0.3 is 30.0 Å². The number of carboxylic acid groups (broad SMARTS) is 1. The summed E-state index contributed by atoms with van der Waals surface area (Å²) in [7, 11) is 1.57. The van der Waals surface area contributed by atoms with E-state index in [1.807, 2.05) is 30.3 Å². The summed E-state index contributed by atoms with van der Waals surface area (Å²) >= 11 is 1.34. The van der Waals surface area contributed by atoms with E-state index < -0.39 is 53.5 Å². The van der Waals surface area contributed by atoms with Crippen LogP contribution in [0.3, 0.4) is 0 Å². The Morgan fingerprint density at radius 2 is 1.59 bits per heavy atom. The third-order valence-corrected chi connectivity index (χ3v) is 7.29. The molecule has 0 heterocycles. The summed E-state index contributed by atoms with van der Waals surface area (Å²) in [6, 6.07) is 14.9. The molecule has 0 aliphatic rings. The number of aliphatic carboxylic acids is 1. The molecule has 2 aromatic rings. The average Bonchev–Trinajstić information content (AvgIpc) is 2.90. The molecule has 2 atom stereocenters. The molecule has 0 saturated heterocycles. The highest BCUT2D eigenvalue weighted by Gasteiger charge is 2.45. The zero-order valence-electron chi connectivity index (χ0n) is 24.4. The van der Waals surface area contributed by atoms with E-state index in [2.05, 4.69) is 10.6 Å². The number of thioether (sulfide) groups is 1. The predicted octanol–water partition coefficient (Wildman–Crippen LogP) is 4.55. The number of rotatable bonds is 14. The van der Waals surface area contributed by atoms with Gasteiger partial charge in [-0.3, -0.25) is 9.59 Å². The Morgan fingerprint density at radius 1 is 0.951 bits per heavy atom. The van der Waals surface area contributed by atoms with Crippen molar-refractivity contribution in [3.05, 3.63) is 65.7 Å². The standard InChI is InChI=1S/C30H40N2O8S/c1-20(2)30(27(35)36,19-41-18-22-12-14-23(38-6)15-13-22)32-26(34)24(31-28(37)40-29(3,4)5)16-25(33)39-17-21-10-8-7-9-11-21/h7-15,20,24H,16-19H2,1-6H3,(H,31,37)(H,32,34)(H,35,36)/t24-,30+/m0/s1. The monoisotopic (exact) mass is 588 g/mol. The van der Waals surface area contributed by atoms with Crippen molar-refractivity contribution in [3.8, 4) is 5.75 Å². The van der Waals surface area contributed by atoms with E-state index in [0.29, 0.717) is 11.5 Å². The van der Waals surface area contributed by atoms with Gasteiger partial charge in [-0.2, -0.15) is 11.8 Å². The van der Waals surface area contributed by atoms with E-state index >= 15 is 0 Å². The molecule has 3 N–H and O–H groups in total. The van der Waals surface area contributed by atoms with Crippen LogP contribution < -0.4 is 15.4 Å². The third kappa shape index (κ3) is 11.0. The zero-order valence-corrected chi connectivity index (χ0v) is 25.2. The first kappa shape index (κ1) is 33.5. The maximum atomic E-state index is 13.5. The average molecular weight is 589 g/mol. The fourth-order valence-electron chi connectivity index (χ4n) is 3.69. The number of benzene rings is 2. The number of nitrogens with one attached hydrogen (secondary N) is 2. The summed E-state index contributed by atoms with van der Waals surface area (Å²) in [6.07, 6.45) is -1.45. The van der Waals surface area contributed by atoms with Crippen LogP contribution in [0.1, 0.15) is 52.2 Å². The molecular weight excluding hydrogens is 548 g/mol. The van der Waals surface area contributed by atoms with Gasteiger partial charge in [0.05, 0.1) is 13.5 Å². The number of esters is 1.